The number of nitrogen functional groups attached to an aromatic ring is 1. The Bertz CT molecular complexity index is 765. The third-order valence-corrected chi connectivity index (χ3v) is 3.33. The molecule has 0 aliphatic heterocycles. The van der Waals surface area contributed by atoms with Gasteiger partial charge in [0.15, 0.2) is 0 Å². The normalized spacial score (nSPS) is 10.8. The summed E-state index contributed by atoms with van der Waals surface area (Å²) >= 11 is 0. The minimum atomic E-state index is -0.500. The molecule has 4 nitrogen and oxygen atoms in total. The Hall–Kier alpha value is -2.69. The number of hydrogen-bond acceptors (Lipinski definition) is 4. The molecule has 0 fully saturated rings. The fourth-order valence-corrected chi connectivity index (χ4v) is 2.06. The summed E-state index contributed by atoms with van der Waals surface area (Å²) in [5.41, 5.74) is 8.19. The number of nitrogens with two attached hydrogens (primary N) is 1. The lowest BCUT2D eigenvalue weighted by atomic mass is 10.1. The highest BCUT2D eigenvalue weighted by Crippen LogP contribution is 2.28. The second-order valence-electron chi connectivity index (χ2n) is 4.67. The third-order valence-electron chi connectivity index (χ3n) is 3.33. The van der Waals surface area contributed by atoms with Gasteiger partial charge in [0, 0.05) is 5.56 Å². The van der Waals surface area contributed by atoms with E-state index >= 15 is 0 Å². The zero-order valence-electron chi connectivity index (χ0n) is 11.5. The molecule has 0 saturated carbocycles. The molecule has 0 aliphatic carbocycles. The Balaban J connectivity index is 1.97. The number of benzene rings is 2. The number of rotatable bonds is 3. The molecule has 1 heterocycles. The predicted octanol–water partition coefficient (Wildman–Crippen LogP) is 3.69. The van der Waals surface area contributed by atoms with Gasteiger partial charge in [0.25, 0.3) is 5.89 Å². The van der Waals surface area contributed by atoms with Crippen LogP contribution in [0.1, 0.15) is 12.5 Å². The van der Waals surface area contributed by atoms with Gasteiger partial charge in [-0.15, -0.1) is 0 Å². The van der Waals surface area contributed by atoms with E-state index in [2.05, 4.69) is 17.1 Å². The van der Waals surface area contributed by atoms with Crippen LogP contribution in [0.25, 0.3) is 22.8 Å². The zero-order valence-corrected chi connectivity index (χ0v) is 11.5. The Morgan fingerprint density at radius 3 is 2.62 bits per heavy atom. The summed E-state index contributed by atoms with van der Waals surface area (Å²) in [4.78, 5) is 4.28. The topological polar surface area (TPSA) is 64.9 Å². The number of aromatic nitrogens is 2. The molecule has 0 radical (unpaired) electrons. The molecule has 2 N–H and O–H groups in total. The summed E-state index contributed by atoms with van der Waals surface area (Å²) in [5, 5.41) is 3.92. The molecule has 0 unspecified atom stereocenters. The molecule has 3 aromatic rings. The summed E-state index contributed by atoms with van der Waals surface area (Å²) < 4.78 is 18.7. The van der Waals surface area contributed by atoms with Crippen LogP contribution in [0.2, 0.25) is 0 Å². The molecule has 0 amide bonds. The largest absolute Gasteiger partial charge is 0.396 e. The average Bonchev–Trinajstić information content (AvgIpc) is 3.00. The summed E-state index contributed by atoms with van der Waals surface area (Å²) in [6, 6.07) is 12.4. The van der Waals surface area contributed by atoms with Gasteiger partial charge in [-0.3, -0.25) is 0 Å². The summed E-state index contributed by atoms with van der Waals surface area (Å²) in [6.07, 6.45) is 0.970. The molecule has 1 aromatic heterocycles. The van der Waals surface area contributed by atoms with Crippen LogP contribution in [-0.2, 0) is 6.42 Å². The van der Waals surface area contributed by atoms with Crippen LogP contribution in [0.15, 0.2) is 47.0 Å². The van der Waals surface area contributed by atoms with Crippen LogP contribution in [0.3, 0.4) is 0 Å². The third kappa shape index (κ3) is 2.50. The number of halogens is 1. The van der Waals surface area contributed by atoms with Gasteiger partial charge in [-0.05, 0) is 24.1 Å². The van der Waals surface area contributed by atoms with E-state index in [1.165, 1.54) is 11.6 Å². The highest BCUT2D eigenvalue weighted by Gasteiger charge is 2.14. The maximum atomic E-state index is 13.5. The Labute approximate surface area is 121 Å². The van der Waals surface area contributed by atoms with Gasteiger partial charge >= 0.3 is 0 Å². The molecular formula is C16H14FN3O. The first kappa shape index (κ1) is 13.3. The monoisotopic (exact) mass is 283 g/mol. The van der Waals surface area contributed by atoms with Crippen molar-refractivity contribution in [3.8, 4) is 22.8 Å². The molecule has 5 heteroatoms. The van der Waals surface area contributed by atoms with Crippen LogP contribution < -0.4 is 5.73 Å². The van der Waals surface area contributed by atoms with Crippen molar-refractivity contribution in [2.45, 2.75) is 13.3 Å². The van der Waals surface area contributed by atoms with E-state index in [1.807, 2.05) is 24.3 Å². The Kier molecular flexibility index (Phi) is 3.39. The first-order chi connectivity index (χ1) is 10.2. The zero-order chi connectivity index (χ0) is 14.8. The molecule has 0 aliphatic rings. The molecular weight excluding hydrogens is 269 g/mol. The van der Waals surface area contributed by atoms with Gasteiger partial charge in [0.2, 0.25) is 5.82 Å². The van der Waals surface area contributed by atoms with E-state index in [-0.39, 0.29) is 11.6 Å². The van der Waals surface area contributed by atoms with E-state index in [9.17, 15) is 4.39 Å². The molecule has 0 bridgehead atoms. The van der Waals surface area contributed by atoms with Gasteiger partial charge in [-0.2, -0.15) is 4.98 Å². The number of hydrogen-bond donors (Lipinski definition) is 1. The first-order valence-electron chi connectivity index (χ1n) is 6.66. The van der Waals surface area contributed by atoms with Gasteiger partial charge in [-0.1, -0.05) is 42.4 Å². The van der Waals surface area contributed by atoms with Crippen LogP contribution in [-0.4, -0.2) is 10.1 Å². The van der Waals surface area contributed by atoms with E-state index in [4.69, 9.17) is 10.3 Å². The van der Waals surface area contributed by atoms with Crippen molar-refractivity contribution in [1.29, 1.82) is 0 Å². The predicted molar refractivity (Wildman–Crippen MR) is 78.9 cm³/mol. The van der Waals surface area contributed by atoms with Crippen LogP contribution in [0.4, 0.5) is 10.1 Å². The van der Waals surface area contributed by atoms with E-state index in [0.717, 1.165) is 12.0 Å². The molecule has 3 rings (SSSR count). The Morgan fingerprint density at radius 2 is 1.90 bits per heavy atom. The first-order valence-corrected chi connectivity index (χ1v) is 6.66. The van der Waals surface area contributed by atoms with E-state index in [0.29, 0.717) is 11.4 Å². The molecule has 21 heavy (non-hydrogen) atoms. The summed E-state index contributed by atoms with van der Waals surface area (Å²) in [5.74, 6) is 0.164. The van der Waals surface area contributed by atoms with Crippen molar-refractivity contribution in [1.82, 2.24) is 10.1 Å². The molecule has 0 spiro atoms. The lowest BCUT2D eigenvalue weighted by Crippen LogP contribution is -1.94. The van der Waals surface area contributed by atoms with Crippen LogP contribution in [0.5, 0.6) is 0 Å². The molecule has 2 aromatic carbocycles. The molecule has 0 atom stereocenters. The lowest BCUT2D eigenvalue weighted by molar-refractivity contribution is 0.432. The van der Waals surface area contributed by atoms with Gasteiger partial charge in [-0.25, -0.2) is 4.39 Å². The summed E-state index contributed by atoms with van der Waals surface area (Å²) in [7, 11) is 0. The number of nitrogens with zero attached hydrogens (tertiary/aromatic N) is 2. The smallest absolute Gasteiger partial charge is 0.260 e. The van der Waals surface area contributed by atoms with E-state index < -0.39 is 5.82 Å². The number of anilines is 1. The van der Waals surface area contributed by atoms with Crippen molar-refractivity contribution in [3.63, 3.8) is 0 Å². The van der Waals surface area contributed by atoms with Crippen molar-refractivity contribution in [2.75, 3.05) is 5.73 Å². The van der Waals surface area contributed by atoms with Crippen molar-refractivity contribution in [2.24, 2.45) is 0 Å². The average molecular weight is 283 g/mol. The fraction of sp³-hybridized carbons (Fsp3) is 0.125. The van der Waals surface area contributed by atoms with Crippen molar-refractivity contribution >= 4 is 5.69 Å². The van der Waals surface area contributed by atoms with Gasteiger partial charge < -0.3 is 10.3 Å². The lowest BCUT2D eigenvalue weighted by Gasteiger charge is -2.00. The summed E-state index contributed by atoms with van der Waals surface area (Å²) in [6.45, 7) is 2.09. The van der Waals surface area contributed by atoms with Gasteiger partial charge in [0.1, 0.15) is 5.82 Å². The number of aryl methyl sites for hydroxylation is 1. The highest BCUT2D eigenvalue weighted by molar-refractivity contribution is 5.71. The Morgan fingerprint density at radius 1 is 1.14 bits per heavy atom. The number of para-hydroxylation sites is 1. The maximum Gasteiger partial charge on any atom is 0.260 e. The van der Waals surface area contributed by atoms with Crippen molar-refractivity contribution in [3.05, 3.63) is 53.8 Å². The minimum Gasteiger partial charge on any atom is -0.396 e. The van der Waals surface area contributed by atoms with Crippen molar-refractivity contribution < 1.29 is 8.91 Å². The standard InChI is InChI=1S/C16H14FN3O/c1-2-10-6-8-11(9-7-10)15-19-16(21-20-15)12-4-3-5-13(17)14(12)18/h3-9H,2,18H2,1H3. The highest BCUT2D eigenvalue weighted by atomic mass is 19.1. The molecule has 0 saturated heterocycles. The maximum absolute atomic E-state index is 13.5. The SMILES string of the molecule is CCc1ccc(-c2noc(-c3cccc(F)c3N)n2)cc1. The van der Waals surface area contributed by atoms with Gasteiger partial charge in [0.05, 0.1) is 11.3 Å². The fourth-order valence-electron chi connectivity index (χ4n) is 2.06. The quantitative estimate of drug-likeness (QED) is 0.744. The second-order valence-corrected chi connectivity index (χ2v) is 4.67. The second kappa shape index (κ2) is 5.36. The molecule has 106 valence electrons. The minimum absolute atomic E-state index is 0.00836. The van der Waals surface area contributed by atoms with Crippen LogP contribution in [0, 0.1) is 5.82 Å². The van der Waals surface area contributed by atoms with E-state index in [1.54, 1.807) is 12.1 Å². The van der Waals surface area contributed by atoms with Crippen LogP contribution >= 0.6 is 0 Å².